The maximum absolute atomic E-state index is 5.96. The van der Waals surface area contributed by atoms with Crippen molar-refractivity contribution in [1.82, 2.24) is 9.97 Å². The first-order valence-corrected chi connectivity index (χ1v) is 9.07. The lowest BCUT2D eigenvalue weighted by Crippen LogP contribution is -2.04. The highest BCUT2D eigenvalue weighted by Crippen LogP contribution is 2.19. The lowest BCUT2D eigenvalue weighted by molar-refractivity contribution is 0.370. The number of aromatic nitrogens is 2. The topological polar surface area (TPSA) is 87.0 Å². The van der Waals surface area contributed by atoms with E-state index in [-0.39, 0.29) is 5.95 Å². The minimum Gasteiger partial charge on any atom is -0.481 e. The maximum atomic E-state index is 5.96. The molecule has 5 nitrogen and oxygen atoms in total. The van der Waals surface area contributed by atoms with Crippen molar-refractivity contribution in [2.75, 3.05) is 18.1 Å². The second-order valence-corrected chi connectivity index (χ2v) is 6.79. The molecule has 0 unspecified atom stereocenters. The molecule has 3 rings (SSSR count). The van der Waals surface area contributed by atoms with Crippen molar-refractivity contribution in [2.24, 2.45) is 0 Å². The number of benzene rings is 2. The van der Waals surface area contributed by atoms with Gasteiger partial charge in [0.1, 0.15) is 18.2 Å². The van der Waals surface area contributed by atoms with E-state index in [1.807, 2.05) is 18.2 Å². The van der Waals surface area contributed by atoms with Crippen molar-refractivity contribution >= 4 is 11.8 Å². The molecule has 2 aromatic carbocycles. The Bertz CT molecular complexity index is 1060. The van der Waals surface area contributed by atoms with Crippen molar-refractivity contribution in [3.8, 4) is 17.6 Å². The molecule has 4 N–H and O–H groups in total. The van der Waals surface area contributed by atoms with E-state index in [9.17, 15) is 0 Å². The van der Waals surface area contributed by atoms with Crippen LogP contribution in [-0.4, -0.2) is 16.6 Å². The zero-order valence-electron chi connectivity index (χ0n) is 16.4. The van der Waals surface area contributed by atoms with Crippen LogP contribution in [0.4, 0.5) is 11.8 Å². The van der Waals surface area contributed by atoms with Crippen LogP contribution in [0.3, 0.4) is 0 Å². The maximum Gasteiger partial charge on any atom is 0.221 e. The molecule has 0 aliphatic heterocycles. The summed E-state index contributed by atoms with van der Waals surface area (Å²) in [6.07, 6.45) is 2.31. The lowest BCUT2D eigenvalue weighted by atomic mass is 9.99. The SMILES string of the molecule is Cc1ccc(OCC#Cc2ccc(C)c(Cc3cnc(N)nc3N)c2)cc1C. The molecule has 0 radical (unpaired) electrons. The number of nitrogens with two attached hydrogens (primary N) is 2. The average molecular weight is 372 g/mol. The Labute approximate surface area is 165 Å². The molecule has 0 spiro atoms. The fourth-order valence-electron chi connectivity index (χ4n) is 2.78. The van der Waals surface area contributed by atoms with Gasteiger partial charge in [-0.2, -0.15) is 4.98 Å². The van der Waals surface area contributed by atoms with E-state index in [0.717, 1.165) is 28.0 Å². The second-order valence-electron chi connectivity index (χ2n) is 6.79. The number of aryl methyl sites for hydroxylation is 3. The predicted molar refractivity (Wildman–Crippen MR) is 113 cm³/mol. The number of nitrogens with zero attached hydrogens (tertiary/aromatic N) is 2. The number of nitrogen functional groups attached to an aromatic ring is 2. The summed E-state index contributed by atoms with van der Waals surface area (Å²) in [5.74, 6) is 7.66. The monoisotopic (exact) mass is 372 g/mol. The van der Waals surface area contributed by atoms with Gasteiger partial charge in [0.2, 0.25) is 5.95 Å². The highest BCUT2D eigenvalue weighted by atomic mass is 16.5. The van der Waals surface area contributed by atoms with Crippen molar-refractivity contribution < 1.29 is 4.74 Å². The zero-order chi connectivity index (χ0) is 20.1. The molecule has 5 heteroatoms. The standard InChI is InChI=1S/C23H24N4O/c1-15-7-9-21(11-17(15)3)28-10-4-5-18-8-6-16(2)19(12-18)13-20-14-26-23(25)27-22(20)24/h6-9,11-12,14H,10,13H2,1-3H3,(H4,24,25,26,27). The summed E-state index contributed by atoms with van der Waals surface area (Å²) in [5.41, 5.74) is 18.0. The molecule has 142 valence electrons. The van der Waals surface area contributed by atoms with Crippen LogP contribution in [0.5, 0.6) is 5.75 Å². The third-order valence-corrected chi connectivity index (χ3v) is 4.67. The molecule has 0 saturated carbocycles. The Hall–Kier alpha value is -3.52. The zero-order valence-corrected chi connectivity index (χ0v) is 16.4. The molecule has 0 fully saturated rings. The Morgan fingerprint density at radius 1 is 0.929 bits per heavy atom. The summed E-state index contributed by atoms with van der Waals surface area (Å²) in [4.78, 5) is 8.05. The molecule has 0 amide bonds. The third-order valence-electron chi connectivity index (χ3n) is 4.67. The summed E-state index contributed by atoms with van der Waals surface area (Å²) < 4.78 is 5.72. The van der Waals surface area contributed by atoms with Crippen molar-refractivity contribution in [3.05, 3.63) is 76.0 Å². The van der Waals surface area contributed by atoms with Crippen molar-refractivity contribution in [1.29, 1.82) is 0 Å². The van der Waals surface area contributed by atoms with Gasteiger partial charge in [-0.3, -0.25) is 0 Å². The highest BCUT2D eigenvalue weighted by molar-refractivity contribution is 5.47. The number of ether oxygens (including phenoxy) is 1. The van der Waals surface area contributed by atoms with E-state index in [0.29, 0.717) is 18.8 Å². The number of hydrogen-bond donors (Lipinski definition) is 2. The molecule has 3 aromatic rings. The molecule has 0 atom stereocenters. The summed E-state index contributed by atoms with van der Waals surface area (Å²) in [5, 5.41) is 0. The van der Waals surface area contributed by atoms with Crippen LogP contribution in [-0.2, 0) is 6.42 Å². The smallest absolute Gasteiger partial charge is 0.221 e. The van der Waals surface area contributed by atoms with Gasteiger partial charge in [0.15, 0.2) is 0 Å². The molecule has 0 bridgehead atoms. The number of hydrogen-bond acceptors (Lipinski definition) is 5. The van der Waals surface area contributed by atoms with Gasteiger partial charge in [-0.05, 0) is 67.3 Å². The quantitative estimate of drug-likeness (QED) is 0.684. The predicted octanol–water partition coefficient (Wildman–Crippen LogP) is 3.59. The lowest BCUT2D eigenvalue weighted by Gasteiger charge is -2.08. The van der Waals surface area contributed by atoms with E-state index < -0.39 is 0 Å². The first kappa shape index (κ1) is 19.2. The first-order valence-electron chi connectivity index (χ1n) is 9.07. The molecule has 1 aromatic heterocycles. The molecular formula is C23H24N4O. The van der Waals surface area contributed by atoms with E-state index in [4.69, 9.17) is 16.2 Å². The fourth-order valence-corrected chi connectivity index (χ4v) is 2.78. The summed E-state index contributed by atoms with van der Waals surface area (Å²) in [6.45, 7) is 6.55. The van der Waals surface area contributed by atoms with Crippen LogP contribution >= 0.6 is 0 Å². The normalized spacial score (nSPS) is 10.2. The van der Waals surface area contributed by atoms with Crippen molar-refractivity contribution in [3.63, 3.8) is 0 Å². The van der Waals surface area contributed by atoms with Crippen molar-refractivity contribution in [2.45, 2.75) is 27.2 Å². The van der Waals surface area contributed by atoms with Crippen LogP contribution in [0, 0.1) is 32.6 Å². The largest absolute Gasteiger partial charge is 0.481 e. The number of rotatable bonds is 4. The molecule has 0 aliphatic carbocycles. The Kier molecular flexibility index (Phi) is 5.81. The highest BCUT2D eigenvalue weighted by Gasteiger charge is 2.07. The Morgan fingerprint density at radius 2 is 1.71 bits per heavy atom. The minimum atomic E-state index is 0.182. The van der Waals surface area contributed by atoms with Crippen LogP contribution in [0.2, 0.25) is 0 Å². The van der Waals surface area contributed by atoms with Gasteiger partial charge < -0.3 is 16.2 Å². The van der Waals surface area contributed by atoms with Crippen LogP contribution in [0.15, 0.2) is 42.6 Å². The van der Waals surface area contributed by atoms with Gasteiger partial charge in [0.05, 0.1) is 0 Å². The number of anilines is 2. The van der Waals surface area contributed by atoms with Gasteiger partial charge in [-0.15, -0.1) is 0 Å². The van der Waals surface area contributed by atoms with Gasteiger partial charge in [-0.1, -0.05) is 24.0 Å². The van der Waals surface area contributed by atoms with Gasteiger partial charge in [0, 0.05) is 23.7 Å². The van der Waals surface area contributed by atoms with E-state index in [1.54, 1.807) is 6.20 Å². The Morgan fingerprint density at radius 3 is 2.46 bits per heavy atom. The van der Waals surface area contributed by atoms with Crippen LogP contribution < -0.4 is 16.2 Å². The molecule has 28 heavy (non-hydrogen) atoms. The van der Waals surface area contributed by atoms with Gasteiger partial charge >= 0.3 is 0 Å². The summed E-state index contributed by atoms with van der Waals surface area (Å²) >= 11 is 0. The average Bonchev–Trinajstić information content (AvgIpc) is 2.66. The summed E-state index contributed by atoms with van der Waals surface area (Å²) in [7, 11) is 0. The van der Waals surface area contributed by atoms with Crippen LogP contribution in [0.25, 0.3) is 0 Å². The molecule has 1 heterocycles. The minimum absolute atomic E-state index is 0.182. The van der Waals surface area contributed by atoms with E-state index in [2.05, 4.69) is 60.8 Å². The molecule has 0 saturated heterocycles. The third kappa shape index (κ3) is 4.80. The van der Waals surface area contributed by atoms with Gasteiger partial charge in [0.25, 0.3) is 0 Å². The van der Waals surface area contributed by atoms with Gasteiger partial charge in [-0.25, -0.2) is 4.98 Å². The molecular weight excluding hydrogens is 348 g/mol. The van der Waals surface area contributed by atoms with E-state index in [1.165, 1.54) is 11.1 Å². The van der Waals surface area contributed by atoms with E-state index >= 15 is 0 Å². The van der Waals surface area contributed by atoms with Crippen LogP contribution in [0.1, 0.15) is 33.4 Å². The fraction of sp³-hybridized carbons (Fsp3) is 0.217. The summed E-state index contributed by atoms with van der Waals surface area (Å²) in [6, 6.07) is 12.2. The first-order chi connectivity index (χ1) is 13.4. The second kappa shape index (κ2) is 8.45. The molecule has 0 aliphatic rings. The Balaban J connectivity index is 1.69.